The van der Waals surface area contributed by atoms with E-state index in [4.69, 9.17) is 4.52 Å². The summed E-state index contributed by atoms with van der Waals surface area (Å²) in [7, 11) is 0. The van der Waals surface area contributed by atoms with Gasteiger partial charge in [-0.05, 0) is 57.5 Å². The number of pyridine rings is 1. The van der Waals surface area contributed by atoms with E-state index in [2.05, 4.69) is 37.9 Å². The third-order valence-corrected chi connectivity index (χ3v) is 4.88. The summed E-state index contributed by atoms with van der Waals surface area (Å²) >= 11 is 0. The topological polar surface area (TPSA) is 47.1 Å². The summed E-state index contributed by atoms with van der Waals surface area (Å²) in [6, 6.07) is 10.7. The smallest absolute Gasteiger partial charge is 0.138 e. The summed E-state index contributed by atoms with van der Waals surface area (Å²) < 4.78 is 7.56. The third-order valence-electron chi connectivity index (χ3n) is 4.88. The SMILES string of the molecule is Cc1noc(C)c1[C@@H]1CCCN1Cc1cccn1-c1ccccn1. The molecule has 5 nitrogen and oxygen atoms in total. The van der Waals surface area contributed by atoms with Gasteiger partial charge in [0.1, 0.15) is 11.6 Å². The molecule has 0 aromatic carbocycles. The summed E-state index contributed by atoms with van der Waals surface area (Å²) in [6.07, 6.45) is 6.28. The number of hydrogen-bond donors (Lipinski definition) is 0. The second-order valence-corrected chi connectivity index (χ2v) is 6.42. The molecule has 1 aliphatic rings. The molecular weight excluding hydrogens is 300 g/mol. The van der Waals surface area contributed by atoms with Crippen LogP contribution in [-0.4, -0.2) is 26.2 Å². The van der Waals surface area contributed by atoms with Gasteiger partial charge in [-0.25, -0.2) is 4.98 Å². The maximum Gasteiger partial charge on any atom is 0.138 e. The lowest BCUT2D eigenvalue weighted by Crippen LogP contribution is -2.24. The Labute approximate surface area is 141 Å². The summed E-state index contributed by atoms with van der Waals surface area (Å²) in [5.74, 6) is 1.91. The molecule has 24 heavy (non-hydrogen) atoms. The van der Waals surface area contributed by atoms with Gasteiger partial charge in [0, 0.05) is 36.2 Å². The van der Waals surface area contributed by atoms with Crippen LogP contribution in [0.3, 0.4) is 0 Å². The Morgan fingerprint density at radius 3 is 2.88 bits per heavy atom. The maximum atomic E-state index is 5.39. The molecule has 0 spiro atoms. The quantitative estimate of drug-likeness (QED) is 0.733. The van der Waals surface area contributed by atoms with E-state index in [1.807, 2.05) is 38.2 Å². The van der Waals surface area contributed by atoms with Crippen molar-refractivity contribution in [3.8, 4) is 5.82 Å². The largest absolute Gasteiger partial charge is 0.361 e. The number of aromatic nitrogens is 3. The molecule has 3 aromatic heterocycles. The molecule has 0 unspecified atom stereocenters. The average Bonchev–Trinajstić information content (AvgIpc) is 3.31. The zero-order valence-electron chi connectivity index (χ0n) is 14.1. The molecule has 0 amide bonds. The standard InChI is InChI=1S/C19H22N4O/c1-14-19(15(2)24-21-14)17-8-6-11-22(17)13-16-7-5-12-23(16)18-9-3-4-10-20-18/h3-5,7,9-10,12,17H,6,8,11,13H2,1-2H3/t17-/m0/s1. The highest BCUT2D eigenvalue weighted by Gasteiger charge is 2.31. The Balaban J connectivity index is 1.61. The van der Waals surface area contributed by atoms with Crippen LogP contribution in [-0.2, 0) is 6.54 Å². The first-order valence-electron chi connectivity index (χ1n) is 8.48. The highest BCUT2D eigenvalue weighted by Crippen LogP contribution is 2.36. The number of likely N-dealkylation sites (tertiary alicyclic amines) is 1. The monoisotopic (exact) mass is 322 g/mol. The van der Waals surface area contributed by atoms with Crippen molar-refractivity contribution in [1.29, 1.82) is 0 Å². The Hall–Kier alpha value is -2.40. The molecule has 0 bridgehead atoms. The minimum atomic E-state index is 0.392. The van der Waals surface area contributed by atoms with Gasteiger partial charge >= 0.3 is 0 Å². The molecular formula is C19H22N4O. The van der Waals surface area contributed by atoms with Crippen LogP contribution in [0, 0.1) is 13.8 Å². The Morgan fingerprint density at radius 2 is 2.12 bits per heavy atom. The first kappa shape index (κ1) is 15.1. The van der Waals surface area contributed by atoms with Crippen LogP contribution in [0.1, 0.15) is 41.6 Å². The van der Waals surface area contributed by atoms with Gasteiger partial charge in [0.2, 0.25) is 0 Å². The van der Waals surface area contributed by atoms with Crippen molar-refractivity contribution in [2.75, 3.05) is 6.54 Å². The molecule has 3 aromatic rings. The van der Waals surface area contributed by atoms with E-state index in [0.29, 0.717) is 6.04 Å². The van der Waals surface area contributed by atoms with Crippen molar-refractivity contribution in [1.82, 2.24) is 19.6 Å². The van der Waals surface area contributed by atoms with Crippen LogP contribution >= 0.6 is 0 Å². The summed E-state index contributed by atoms with van der Waals surface area (Å²) in [5, 5.41) is 4.14. The van der Waals surface area contributed by atoms with Gasteiger partial charge in [-0.15, -0.1) is 0 Å². The van der Waals surface area contributed by atoms with Gasteiger partial charge in [0.05, 0.1) is 5.69 Å². The number of hydrogen-bond acceptors (Lipinski definition) is 4. The van der Waals surface area contributed by atoms with Crippen molar-refractivity contribution >= 4 is 0 Å². The molecule has 0 aliphatic carbocycles. The van der Waals surface area contributed by atoms with Gasteiger partial charge < -0.3 is 9.09 Å². The van der Waals surface area contributed by atoms with Gasteiger partial charge in [-0.3, -0.25) is 4.90 Å². The van der Waals surface area contributed by atoms with E-state index >= 15 is 0 Å². The van der Waals surface area contributed by atoms with Crippen molar-refractivity contribution < 1.29 is 4.52 Å². The van der Waals surface area contributed by atoms with Crippen LogP contribution < -0.4 is 0 Å². The Bertz CT molecular complexity index is 802. The van der Waals surface area contributed by atoms with Gasteiger partial charge in [-0.1, -0.05) is 11.2 Å². The molecule has 1 saturated heterocycles. The molecule has 0 radical (unpaired) electrons. The predicted molar refractivity (Wildman–Crippen MR) is 91.9 cm³/mol. The number of aryl methyl sites for hydroxylation is 2. The lowest BCUT2D eigenvalue weighted by molar-refractivity contribution is 0.241. The van der Waals surface area contributed by atoms with E-state index in [9.17, 15) is 0 Å². The van der Waals surface area contributed by atoms with E-state index in [0.717, 1.165) is 36.8 Å². The first-order chi connectivity index (χ1) is 11.7. The molecule has 4 rings (SSSR count). The van der Waals surface area contributed by atoms with Crippen molar-refractivity contribution in [3.05, 3.63) is 65.4 Å². The lowest BCUT2D eigenvalue weighted by Gasteiger charge is -2.25. The van der Waals surface area contributed by atoms with E-state index < -0.39 is 0 Å². The summed E-state index contributed by atoms with van der Waals surface area (Å²) in [6.45, 7) is 6.06. The summed E-state index contributed by atoms with van der Waals surface area (Å²) in [5.41, 5.74) is 3.54. The Morgan fingerprint density at radius 1 is 1.21 bits per heavy atom. The molecule has 0 N–H and O–H groups in total. The van der Waals surface area contributed by atoms with Crippen molar-refractivity contribution in [3.63, 3.8) is 0 Å². The highest BCUT2D eigenvalue weighted by atomic mass is 16.5. The molecule has 5 heteroatoms. The second kappa shape index (κ2) is 6.24. The van der Waals surface area contributed by atoms with Gasteiger partial charge in [-0.2, -0.15) is 0 Å². The molecule has 1 fully saturated rings. The highest BCUT2D eigenvalue weighted by molar-refractivity contribution is 5.29. The van der Waals surface area contributed by atoms with Crippen LogP contribution in [0.25, 0.3) is 5.82 Å². The summed E-state index contributed by atoms with van der Waals surface area (Å²) in [4.78, 5) is 7.00. The fraction of sp³-hybridized carbons (Fsp3) is 0.368. The predicted octanol–water partition coefficient (Wildman–Crippen LogP) is 3.81. The molecule has 1 aliphatic heterocycles. The zero-order valence-corrected chi connectivity index (χ0v) is 14.1. The molecule has 1 atom stereocenters. The van der Waals surface area contributed by atoms with E-state index in [-0.39, 0.29) is 0 Å². The fourth-order valence-corrected chi connectivity index (χ4v) is 3.78. The normalized spacial score (nSPS) is 18.3. The van der Waals surface area contributed by atoms with E-state index in [1.54, 1.807) is 0 Å². The van der Waals surface area contributed by atoms with Crippen LogP contribution in [0.2, 0.25) is 0 Å². The van der Waals surface area contributed by atoms with Crippen molar-refractivity contribution in [2.24, 2.45) is 0 Å². The first-order valence-corrected chi connectivity index (χ1v) is 8.48. The average molecular weight is 322 g/mol. The van der Waals surface area contributed by atoms with E-state index in [1.165, 1.54) is 17.7 Å². The van der Waals surface area contributed by atoms with Crippen LogP contribution in [0.15, 0.2) is 47.2 Å². The third kappa shape index (κ3) is 2.65. The zero-order chi connectivity index (χ0) is 16.5. The van der Waals surface area contributed by atoms with Crippen LogP contribution in [0.5, 0.6) is 0 Å². The van der Waals surface area contributed by atoms with Gasteiger partial charge in [0.25, 0.3) is 0 Å². The minimum Gasteiger partial charge on any atom is -0.361 e. The number of nitrogens with zero attached hydrogens (tertiary/aromatic N) is 4. The second-order valence-electron chi connectivity index (χ2n) is 6.42. The molecule has 4 heterocycles. The van der Waals surface area contributed by atoms with Gasteiger partial charge in [0.15, 0.2) is 0 Å². The number of rotatable bonds is 4. The van der Waals surface area contributed by atoms with Crippen molar-refractivity contribution in [2.45, 2.75) is 39.3 Å². The molecule has 124 valence electrons. The lowest BCUT2D eigenvalue weighted by atomic mass is 10.0. The van der Waals surface area contributed by atoms with Crippen LogP contribution in [0.4, 0.5) is 0 Å². The maximum absolute atomic E-state index is 5.39. The molecule has 0 saturated carbocycles. The fourth-order valence-electron chi connectivity index (χ4n) is 3.78. The minimum absolute atomic E-state index is 0.392. The Kier molecular flexibility index (Phi) is 3.94.